The van der Waals surface area contributed by atoms with E-state index in [1.807, 2.05) is 39.0 Å². The van der Waals surface area contributed by atoms with Gasteiger partial charge in [-0.15, -0.1) is 0 Å². The first-order valence-electron chi connectivity index (χ1n) is 10.2. The summed E-state index contributed by atoms with van der Waals surface area (Å²) in [6, 6.07) is 10.6. The van der Waals surface area contributed by atoms with E-state index in [1.165, 1.54) is 4.57 Å². The third kappa shape index (κ3) is 4.29. The minimum Gasteiger partial charge on any atom is -0.444 e. The number of hydrogen-bond acceptors (Lipinski definition) is 5. The third-order valence-electron chi connectivity index (χ3n) is 5.06. The molecule has 1 aliphatic rings. The van der Waals surface area contributed by atoms with Gasteiger partial charge in [0.2, 0.25) is 0 Å². The molecule has 1 saturated heterocycles. The zero-order valence-corrected chi connectivity index (χ0v) is 18.0. The van der Waals surface area contributed by atoms with Crippen molar-refractivity contribution >= 4 is 17.0 Å². The van der Waals surface area contributed by atoms with Crippen molar-refractivity contribution in [2.75, 3.05) is 6.54 Å². The third-order valence-corrected chi connectivity index (χ3v) is 5.06. The average molecular weight is 416 g/mol. The maximum atomic E-state index is 12.9. The summed E-state index contributed by atoms with van der Waals surface area (Å²) < 4.78 is 7.01. The molecule has 7 nitrogen and oxygen atoms in total. The van der Waals surface area contributed by atoms with Crippen LogP contribution in [0.2, 0.25) is 0 Å². The Morgan fingerprint density at radius 1 is 1.19 bits per heavy atom. The van der Waals surface area contributed by atoms with Gasteiger partial charge < -0.3 is 4.74 Å². The zero-order chi connectivity index (χ0) is 22.2. The van der Waals surface area contributed by atoms with Crippen LogP contribution in [0.25, 0.3) is 10.9 Å². The van der Waals surface area contributed by atoms with E-state index >= 15 is 0 Å². The summed E-state index contributed by atoms with van der Waals surface area (Å²) in [5.74, 6) is 6.63. The van der Waals surface area contributed by atoms with Gasteiger partial charge in [-0.2, -0.15) is 0 Å². The van der Waals surface area contributed by atoms with Crippen LogP contribution in [0, 0.1) is 11.8 Å². The van der Waals surface area contributed by atoms with E-state index in [4.69, 9.17) is 9.72 Å². The topological polar surface area (TPSA) is 77.3 Å². The average Bonchev–Trinajstić information content (AvgIpc) is 2.68. The van der Waals surface area contributed by atoms with Gasteiger partial charge in [0, 0.05) is 25.4 Å². The standard InChI is InChI=1S/C24H24N4O3/c1-24(2,3)31-23(30)28-14-12-20(28)21-26-19-15-16(8-10-17-7-5-6-13-25-17)9-11-18(19)22(29)27(21)4/h5-7,9,11,13,15,20H,12,14H2,1-4H3. The number of amides is 1. The molecule has 0 saturated carbocycles. The van der Waals surface area contributed by atoms with Gasteiger partial charge in [0.15, 0.2) is 0 Å². The second-order valence-corrected chi connectivity index (χ2v) is 8.51. The molecule has 3 heterocycles. The van der Waals surface area contributed by atoms with E-state index in [9.17, 15) is 9.59 Å². The fourth-order valence-corrected chi connectivity index (χ4v) is 3.43. The molecular formula is C24H24N4O3. The summed E-state index contributed by atoms with van der Waals surface area (Å²) in [5, 5.41) is 0.512. The number of rotatable bonds is 1. The first-order valence-corrected chi connectivity index (χ1v) is 10.2. The molecule has 7 heteroatoms. The second-order valence-electron chi connectivity index (χ2n) is 8.51. The molecule has 4 rings (SSSR count). The van der Waals surface area contributed by atoms with Gasteiger partial charge >= 0.3 is 6.09 Å². The van der Waals surface area contributed by atoms with Crippen LogP contribution in [-0.2, 0) is 11.8 Å². The Balaban J connectivity index is 1.69. The maximum Gasteiger partial charge on any atom is 0.410 e. The highest BCUT2D eigenvalue weighted by atomic mass is 16.6. The summed E-state index contributed by atoms with van der Waals surface area (Å²) in [6.45, 7) is 6.06. The molecule has 1 aliphatic heterocycles. The molecule has 0 N–H and O–H groups in total. The predicted molar refractivity (Wildman–Crippen MR) is 117 cm³/mol. The van der Waals surface area contributed by atoms with E-state index in [0.29, 0.717) is 29.0 Å². The van der Waals surface area contributed by atoms with Crippen molar-refractivity contribution < 1.29 is 9.53 Å². The van der Waals surface area contributed by atoms with E-state index in [0.717, 1.165) is 12.0 Å². The number of aromatic nitrogens is 3. The molecule has 31 heavy (non-hydrogen) atoms. The van der Waals surface area contributed by atoms with Crippen LogP contribution < -0.4 is 5.56 Å². The highest BCUT2D eigenvalue weighted by molar-refractivity contribution is 5.79. The van der Waals surface area contributed by atoms with E-state index < -0.39 is 11.7 Å². The Morgan fingerprint density at radius 3 is 2.65 bits per heavy atom. The second kappa shape index (κ2) is 7.88. The number of benzene rings is 1. The van der Waals surface area contributed by atoms with Gasteiger partial charge in [-0.25, -0.2) is 14.8 Å². The Labute approximate surface area is 180 Å². The van der Waals surface area contributed by atoms with Crippen molar-refractivity contribution in [3.05, 3.63) is 70.0 Å². The Kier molecular flexibility index (Phi) is 5.24. The number of carbonyl (C=O) groups excluding carboxylic acids is 1. The zero-order valence-electron chi connectivity index (χ0n) is 18.0. The highest BCUT2D eigenvalue weighted by Gasteiger charge is 2.38. The molecular weight excluding hydrogens is 392 g/mol. The van der Waals surface area contributed by atoms with Gasteiger partial charge in [-0.1, -0.05) is 12.0 Å². The van der Waals surface area contributed by atoms with Gasteiger partial charge in [-0.3, -0.25) is 14.3 Å². The van der Waals surface area contributed by atoms with E-state index in [2.05, 4.69) is 16.8 Å². The largest absolute Gasteiger partial charge is 0.444 e. The summed E-state index contributed by atoms with van der Waals surface area (Å²) in [5.41, 5.74) is 1.23. The fraction of sp³-hybridized carbons (Fsp3) is 0.333. The highest BCUT2D eigenvalue weighted by Crippen LogP contribution is 2.33. The van der Waals surface area contributed by atoms with Gasteiger partial charge in [0.1, 0.15) is 17.1 Å². The van der Waals surface area contributed by atoms with E-state index in [-0.39, 0.29) is 11.6 Å². The molecule has 0 radical (unpaired) electrons. The molecule has 0 spiro atoms. The number of carbonyl (C=O) groups is 1. The quantitative estimate of drug-likeness (QED) is 0.568. The normalized spacial score (nSPS) is 15.7. The van der Waals surface area contributed by atoms with Gasteiger partial charge in [0.25, 0.3) is 5.56 Å². The minimum atomic E-state index is -0.582. The minimum absolute atomic E-state index is 0.153. The first kappa shape index (κ1) is 20.6. The van der Waals surface area contributed by atoms with Crippen molar-refractivity contribution in [2.45, 2.75) is 38.8 Å². The first-order chi connectivity index (χ1) is 14.7. The lowest BCUT2D eigenvalue weighted by Crippen LogP contribution is -2.49. The van der Waals surface area contributed by atoms with Crippen LogP contribution in [0.3, 0.4) is 0 Å². The Hall–Kier alpha value is -3.66. The van der Waals surface area contributed by atoms with Gasteiger partial charge in [-0.05, 0) is 63.4 Å². The number of fused-ring (bicyclic) bond motifs is 1. The molecule has 2 aromatic heterocycles. The van der Waals surface area contributed by atoms with Crippen LogP contribution in [0.15, 0.2) is 47.4 Å². The lowest BCUT2D eigenvalue weighted by atomic mass is 10.0. The molecule has 1 unspecified atom stereocenters. The number of ether oxygens (including phenoxy) is 1. The van der Waals surface area contributed by atoms with Crippen LogP contribution >= 0.6 is 0 Å². The Morgan fingerprint density at radius 2 is 2.00 bits per heavy atom. The van der Waals surface area contributed by atoms with Gasteiger partial charge in [0.05, 0.1) is 16.9 Å². The summed E-state index contributed by atoms with van der Waals surface area (Å²) in [4.78, 5) is 36.0. The van der Waals surface area contributed by atoms with Crippen molar-refractivity contribution in [2.24, 2.45) is 7.05 Å². The number of nitrogens with zero attached hydrogens (tertiary/aromatic N) is 4. The van der Waals surface area contributed by atoms with Crippen molar-refractivity contribution in [3.8, 4) is 11.8 Å². The molecule has 1 aromatic carbocycles. The monoisotopic (exact) mass is 416 g/mol. The van der Waals surface area contributed by atoms with Crippen LogP contribution in [0.1, 0.15) is 50.3 Å². The number of pyridine rings is 1. The number of hydrogen-bond donors (Lipinski definition) is 0. The smallest absolute Gasteiger partial charge is 0.410 e. The SMILES string of the molecule is Cn1c(C2CCN2C(=O)OC(C)(C)C)nc2cc(C#Cc3ccccn3)ccc2c1=O. The van der Waals surface area contributed by atoms with E-state index in [1.54, 1.807) is 36.3 Å². The molecule has 3 aromatic rings. The summed E-state index contributed by atoms with van der Waals surface area (Å²) >= 11 is 0. The fourth-order valence-electron chi connectivity index (χ4n) is 3.43. The van der Waals surface area contributed by atoms with Crippen LogP contribution in [0.4, 0.5) is 4.79 Å². The molecule has 1 atom stereocenters. The van der Waals surface area contributed by atoms with Crippen molar-refractivity contribution in [1.29, 1.82) is 0 Å². The Bertz CT molecular complexity index is 1260. The maximum absolute atomic E-state index is 12.9. The lowest BCUT2D eigenvalue weighted by Gasteiger charge is -2.41. The summed E-state index contributed by atoms with van der Waals surface area (Å²) in [7, 11) is 1.69. The molecule has 0 aliphatic carbocycles. The molecule has 1 fully saturated rings. The molecule has 0 bridgehead atoms. The lowest BCUT2D eigenvalue weighted by molar-refractivity contribution is -0.00804. The van der Waals surface area contributed by atoms with Crippen LogP contribution in [0.5, 0.6) is 0 Å². The molecule has 1 amide bonds. The van der Waals surface area contributed by atoms with Crippen molar-refractivity contribution in [1.82, 2.24) is 19.4 Å². The van der Waals surface area contributed by atoms with Crippen LogP contribution in [-0.4, -0.2) is 37.7 Å². The predicted octanol–water partition coefficient (Wildman–Crippen LogP) is 3.41. The summed E-state index contributed by atoms with van der Waals surface area (Å²) in [6.07, 6.45) is 2.02. The number of likely N-dealkylation sites (tertiary alicyclic amines) is 1. The molecule has 158 valence electrons. The van der Waals surface area contributed by atoms with Crippen molar-refractivity contribution in [3.63, 3.8) is 0 Å².